The van der Waals surface area contributed by atoms with Gasteiger partial charge in [0.15, 0.2) is 0 Å². The van der Waals surface area contributed by atoms with Gasteiger partial charge in [-0.25, -0.2) is 4.79 Å². The van der Waals surface area contributed by atoms with Crippen LogP contribution in [0.1, 0.15) is 31.2 Å². The van der Waals surface area contributed by atoms with Gasteiger partial charge in [-0.15, -0.1) is 0 Å². The molecule has 1 aromatic carbocycles. The first kappa shape index (κ1) is 19.7. The minimum Gasteiger partial charge on any atom is -0.381 e. The molecule has 2 heterocycles. The third-order valence-electron chi connectivity index (χ3n) is 6.78. The number of nitrogens with one attached hydrogen (secondary N) is 2. The summed E-state index contributed by atoms with van der Waals surface area (Å²) in [5.74, 6) is 0.487. The normalized spacial score (nSPS) is 25.6. The largest absolute Gasteiger partial charge is 0.381 e. The summed E-state index contributed by atoms with van der Waals surface area (Å²) in [4.78, 5) is 15.0. The molecular weight excluding hydrogens is 354 g/mol. The Balaban J connectivity index is 1.29. The van der Waals surface area contributed by atoms with E-state index in [1.807, 2.05) is 0 Å². The van der Waals surface area contributed by atoms with Crippen LogP contribution in [0.3, 0.4) is 0 Å². The molecule has 0 aromatic heterocycles. The average Bonchev–Trinajstić information content (AvgIpc) is 3.23. The molecule has 2 atom stereocenters. The monoisotopic (exact) mass is 387 g/mol. The number of rotatable bonds is 7. The highest BCUT2D eigenvalue weighted by Gasteiger charge is 2.39. The first-order valence-electron chi connectivity index (χ1n) is 10.7. The van der Waals surface area contributed by atoms with Crippen molar-refractivity contribution in [3.63, 3.8) is 0 Å². The van der Waals surface area contributed by atoms with Gasteiger partial charge in [0, 0.05) is 50.2 Å². The summed E-state index contributed by atoms with van der Waals surface area (Å²) >= 11 is 0. The summed E-state index contributed by atoms with van der Waals surface area (Å²) < 4.78 is 11.1. The Morgan fingerprint density at radius 1 is 1.11 bits per heavy atom. The maximum absolute atomic E-state index is 12.6. The number of nitrogens with zero attached hydrogens (tertiary/aromatic N) is 1. The van der Waals surface area contributed by atoms with E-state index >= 15 is 0 Å². The second-order valence-electron chi connectivity index (χ2n) is 8.40. The molecule has 1 saturated carbocycles. The lowest BCUT2D eigenvalue weighted by Gasteiger charge is -2.42. The molecule has 2 aliphatic heterocycles. The molecule has 2 N–H and O–H groups in total. The molecule has 2 saturated heterocycles. The number of hydrogen-bond donors (Lipinski definition) is 2. The van der Waals surface area contributed by atoms with Crippen molar-refractivity contribution in [2.45, 2.75) is 37.1 Å². The lowest BCUT2D eigenvalue weighted by atomic mass is 9.64. The Labute approximate surface area is 168 Å². The summed E-state index contributed by atoms with van der Waals surface area (Å²) in [6.07, 6.45) is 4.60. The van der Waals surface area contributed by atoms with E-state index in [-0.39, 0.29) is 11.4 Å². The van der Waals surface area contributed by atoms with Crippen molar-refractivity contribution in [3.8, 4) is 0 Å². The number of morpholine rings is 1. The van der Waals surface area contributed by atoms with Gasteiger partial charge in [-0.2, -0.15) is 0 Å². The minimum atomic E-state index is -0.0561. The van der Waals surface area contributed by atoms with Gasteiger partial charge in [-0.3, -0.25) is 4.90 Å². The van der Waals surface area contributed by atoms with Crippen LogP contribution in [0.25, 0.3) is 0 Å². The molecule has 28 heavy (non-hydrogen) atoms. The molecule has 4 rings (SSSR count). The van der Waals surface area contributed by atoms with Crippen LogP contribution >= 0.6 is 0 Å². The molecule has 2 amide bonds. The molecule has 0 bridgehead atoms. The highest BCUT2D eigenvalue weighted by molar-refractivity contribution is 5.74. The Hall–Kier alpha value is -1.63. The van der Waals surface area contributed by atoms with E-state index in [0.29, 0.717) is 25.0 Å². The second kappa shape index (κ2) is 9.25. The fourth-order valence-electron chi connectivity index (χ4n) is 4.83. The van der Waals surface area contributed by atoms with Gasteiger partial charge >= 0.3 is 6.03 Å². The molecule has 6 nitrogen and oxygen atoms in total. The molecule has 6 heteroatoms. The molecule has 0 spiro atoms. The van der Waals surface area contributed by atoms with Gasteiger partial charge in [-0.1, -0.05) is 36.8 Å². The zero-order valence-corrected chi connectivity index (χ0v) is 16.7. The third kappa shape index (κ3) is 4.50. The lowest BCUT2D eigenvalue weighted by Crippen LogP contribution is -2.54. The number of benzene rings is 1. The summed E-state index contributed by atoms with van der Waals surface area (Å²) in [7, 11) is 0. The van der Waals surface area contributed by atoms with Gasteiger partial charge in [0.25, 0.3) is 0 Å². The SMILES string of the molecule is O=C(NCC(C1CCOC1)N1CCOCC1)NCC1(c2ccccc2)CCC1. The van der Waals surface area contributed by atoms with E-state index < -0.39 is 0 Å². The van der Waals surface area contributed by atoms with Crippen LogP contribution in [0.5, 0.6) is 0 Å². The molecule has 0 radical (unpaired) electrons. The van der Waals surface area contributed by atoms with E-state index in [1.54, 1.807) is 0 Å². The molecule has 2 unspecified atom stereocenters. The number of hydrogen-bond acceptors (Lipinski definition) is 4. The summed E-state index contributed by atoms with van der Waals surface area (Å²) in [6.45, 7) is 6.41. The minimum absolute atomic E-state index is 0.0561. The number of carbonyl (C=O) groups is 1. The molecule has 1 aliphatic carbocycles. The molecule has 1 aromatic rings. The van der Waals surface area contributed by atoms with Crippen molar-refractivity contribution in [2.75, 3.05) is 52.6 Å². The maximum atomic E-state index is 12.6. The topological polar surface area (TPSA) is 62.8 Å². The van der Waals surface area contributed by atoms with E-state index in [0.717, 1.165) is 58.8 Å². The van der Waals surface area contributed by atoms with Crippen LogP contribution in [0.2, 0.25) is 0 Å². The predicted molar refractivity (Wildman–Crippen MR) is 108 cm³/mol. The van der Waals surface area contributed by atoms with Gasteiger partial charge < -0.3 is 20.1 Å². The van der Waals surface area contributed by atoms with Crippen LogP contribution in [-0.4, -0.2) is 69.6 Å². The van der Waals surface area contributed by atoms with E-state index in [4.69, 9.17) is 9.47 Å². The van der Waals surface area contributed by atoms with Crippen LogP contribution in [0.4, 0.5) is 4.79 Å². The number of urea groups is 1. The zero-order valence-electron chi connectivity index (χ0n) is 16.7. The van der Waals surface area contributed by atoms with Crippen molar-refractivity contribution in [3.05, 3.63) is 35.9 Å². The van der Waals surface area contributed by atoms with Crippen molar-refractivity contribution in [1.29, 1.82) is 0 Å². The highest BCUT2D eigenvalue weighted by atomic mass is 16.5. The van der Waals surface area contributed by atoms with Gasteiger partial charge in [0.1, 0.15) is 0 Å². The van der Waals surface area contributed by atoms with Crippen molar-refractivity contribution in [2.24, 2.45) is 5.92 Å². The van der Waals surface area contributed by atoms with Crippen molar-refractivity contribution >= 4 is 6.03 Å². The Morgan fingerprint density at radius 3 is 2.54 bits per heavy atom. The second-order valence-corrected chi connectivity index (χ2v) is 8.40. The fourth-order valence-corrected chi connectivity index (χ4v) is 4.83. The van der Waals surface area contributed by atoms with Crippen LogP contribution in [0, 0.1) is 5.92 Å². The van der Waals surface area contributed by atoms with E-state index in [9.17, 15) is 4.79 Å². The van der Waals surface area contributed by atoms with Crippen LogP contribution in [0.15, 0.2) is 30.3 Å². The summed E-state index contributed by atoms with van der Waals surface area (Å²) in [5, 5.41) is 6.29. The molecular formula is C22H33N3O3. The Kier molecular flexibility index (Phi) is 6.50. The standard InChI is InChI=1S/C22H33N3O3/c26-21(24-17-22(8-4-9-22)19-5-2-1-3-6-19)23-15-20(18-7-12-28-16-18)25-10-13-27-14-11-25/h1-3,5-6,18,20H,4,7-17H2,(H2,23,24,26). The molecule has 154 valence electrons. The number of ether oxygens (including phenoxy) is 2. The smallest absolute Gasteiger partial charge is 0.314 e. The number of carbonyl (C=O) groups excluding carboxylic acids is 1. The van der Waals surface area contributed by atoms with Gasteiger partial charge in [0.05, 0.1) is 19.8 Å². The maximum Gasteiger partial charge on any atom is 0.314 e. The van der Waals surface area contributed by atoms with E-state index in [1.165, 1.54) is 12.0 Å². The van der Waals surface area contributed by atoms with Gasteiger partial charge in [0.2, 0.25) is 0 Å². The molecule has 3 aliphatic rings. The number of amides is 2. The first-order valence-corrected chi connectivity index (χ1v) is 10.7. The summed E-state index contributed by atoms with van der Waals surface area (Å²) in [5.41, 5.74) is 1.46. The van der Waals surface area contributed by atoms with Crippen molar-refractivity contribution < 1.29 is 14.3 Å². The molecule has 3 fully saturated rings. The van der Waals surface area contributed by atoms with Crippen LogP contribution < -0.4 is 10.6 Å². The Morgan fingerprint density at radius 2 is 1.89 bits per heavy atom. The van der Waals surface area contributed by atoms with Crippen molar-refractivity contribution in [1.82, 2.24) is 15.5 Å². The van der Waals surface area contributed by atoms with Gasteiger partial charge in [-0.05, 0) is 24.8 Å². The fraction of sp³-hybridized carbons (Fsp3) is 0.682. The predicted octanol–water partition coefficient (Wildman–Crippen LogP) is 2.14. The first-order chi connectivity index (χ1) is 13.8. The van der Waals surface area contributed by atoms with E-state index in [2.05, 4.69) is 45.9 Å². The average molecular weight is 388 g/mol. The summed E-state index contributed by atoms with van der Waals surface area (Å²) in [6, 6.07) is 10.9. The highest BCUT2D eigenvalue weighted by Crippen LogP contribution is 2.43. The zero-order chi connectivity index (χ0) is 19.2. The lowest BCUT2D eigenvalue weighted by molar-refractivity contribution is 0.00211. The Bertz CT molecular complexity index is 623. The van der Waals surface area contributed by atoms with Crippen LogP contribution in [-0.2, 0) is 14.9 Å². The third-order valence-corrected chi connectivity index (χ3v) is 6.78. The quantitative estimate of drug-likeness (QED) is 0.753.